The van der Waals surface area contributed by atoms with Gasteiger partial charge in [-0.1, -0.05) is 18.5 Å². The molecule has 6 heteroatoms. The zero-order chi connectivity index (χ0) is 14.0. The van der Waals surface area contributed by atoms with Crippen LogP contribution in [0.4, 0.5) is 18.9 Å². The number of hydrogen-bond donors (Lipinski definition) is 1. The third-order valence-corrected chi connectivity index (χ3v) is 4.94. The van der Waals surface area contributed by atoms with Gasteiger partial charge >= 0.3 is 6.18 Å². The van der Waals surface area contributed by atoms with Crippen molar-refractivity contribution in [2.24, 2.45) is 0 Å². The SMILES string of the molecule is CC1SCCCC1Nc1ccc(Cl)c(C(F)(F)F)c1. The highest BCUT2D eigenvalue weighted by Gasteiger charge is 2.33. The van der Waals surface area contributed by atoms with Gasteiger partial charge in [-0.25, -0.2) is 0 Å². The van der Waals surface area contributed by atoms with E-state index in [9.17, 15) is 13.2 Å². The third-order valence-electron chi connectivity index (χ3n) is 3.23. The van der Waals surface area contributed by atoms with Crippen LogP contribution in [0.3, 0.4) is 0 Å². The Bertz CT molecular complexity index is 450. The fourth-order valence-corrected chi connectivity index (χ4v) is 3.53. The van der Waals surface area contributed by atoms with Crippen LogP contribution >= 0.6 is 23.4 Å². The Kier molecular flexibility index (Phi) is 4.56. The number of anilines is 1. The van der Waals surface area contributed by atoms with Crippen molar-refractivity contribution in [2.45, 2.75) is 37.2 Å². The van der Waals surface area contributed by atoms with E-state index in [1.165, 1.54) is 6.07 Å². The van der Waals surface area contributed by atoms with E-state index in [0.29, 0.717) is 10.9 Å². The summed E-state index contributed by atoms with van der Waals surface area (Å²) in [6.07, 6.45) is -2.34. The maximum atomic E-state index is 12.8. The average molecular weight is 310 g/mol. The number of alkyl halides is 3. The van der Waals surface area contributed by atoms with Crippen LogP contribution < -0.4 is 5.32 Å². The van der Waals surface area contributed by atoms with E-state index in [1.807, 2.05) is 11.8 Å². The first-order valence-corrected chi connectivity index (χ1v) is 7.55. The number of nitrogens with one attached hydrogen (secondary N) is 1. The predicted molar refractivity (Wildman–Crippen MR) is 75.0 cm³/mol. The lowest BCUT2D eigenvalue weighted by molar-refractivity contribution is -0.137. The Labute approximate surface area is 119 Å². The predicted octanol–water partition coefficient (Wildman–Crippen LogP) is 5.05. The Morgan fingerprint density at radius 3 is 2.74 bits per heavy atom. The fraction of sp³-hybridized carbons (Fsp3) is 0.538. The number of thioether (sulfide) groups is 1. The van der Waals surface area contributed by atoms with Gasteiger partial charge in [-0.15, -0.1) is 0 Å². The summed E-state index contributed by atoms with van der Waals surface area (Å²) in [6.45, 7) is 2.10. The molecule has 0 aromatic heterocycles. The molecule has 0 radical (unpaired) electrons. The van der Waals surface area contributed by atoms with Crippen molar-refractivity contribution in [1.29, 1.82) is 0 Å². The minimum atomic E-state index is -4.41. The number of rotatable bonds is 2. The Hall–Kier alpha value is -0.550. The van der Waals surface area contributed by atoms with E-state index >= 15 is 0 Å². The van der Waals surface area contributed by atoms with Crippen molar-refractivity contribution in [3.63, 3.8) is 0 Å². The molecule has 1 aromatic rings. The molecule has 0 saturated carbocycles. The highest BCUT2D eigenvalue weighted by molar-refractivity contribution is 8.00. The third kappa shape index (κ3) is 3.72. The van der Waals surface area contributed by atoms with Crippen molar-refractivity contribution in [3.05, 3.63) is 28.8 Å². The van der Waals surface area contributed by atoms with Crippen molar-refractivity contribution in [2.75, 3.05) is 11.1 Å². The summed E-state index contributed by atoms with van der Waals surface area (Å²) in [5.41, 5.74) is -0.300. The lowest BCUT2D eigenvalue weighted by Gasteiger charge is -2.30. The molecule has 2 rings (SSSR count). The van der Waals surface area contributed by atoms with Gasteiger partial charge in [0.2, 0.25) is 0 Å². The van der Waals surface area contributed by atoms with E-state index < -0.39 is 11.7 Å². The molecule has 2 unspecified atom stereocenters. The van der Waals surface area contributed by atoms with Crippen molar-refractivity contribution >= 4 is 29.1 Å². The summed E-state index contributed by atoms with van der Waals surface area (Å²) in [5, 5.41) is 3.33. The molecule has 1 aliphatic heterocycles. The number of hydrogen-bond acceptors (Lipinski definition) is 2. The van der Waals surface area contributed by atoms with Crippen molar-refractivity contribution < 1.29 is 13.2 Å². The molecule has 0 amide bonds. The normalized spacial score (nSPS) is 24.3. The topological polar surface area (TPSA) is 12.0 Å². The minimum absolute atomic E-state index is 0.209. The van der Waals surface area contributed by atoms with E-state index in [1.54, 1.807) is 6.07 Å². The standard InChI is InChI=1S/C13H15ClF3NS/c1-8-12(3-2-6-19-8)18-9-4-5-11(14)10(7-9)13(15,16)17/h4-5,7-8,12,18H,2-3,6H2,1H3. The van der Waals surface area contributed by atoms with Gasteiger partial charge in [0.05, 0.1) is 10.6 Å². The molecule has 1 fully saturated rings. The zero-order valence-corrected chi connectivity index (χ0v) is 12.0. The van der Waals surface area contributed by atoms with E-state index in [-0.39, 0.29) is 11.1 Å². The van der Waals surface area contributed by atoms with Crippen LogP contribution in [0.5, 0.6) is 0 Å². The van der Waals surface area contributed by atoms with Gasteiger partial charge in [0, 0.05) is 17.0 Å². The molecule has 0 spiro atoms. The average Bonchev–Trinajstić information content (AvgIpc) is 2.33. The first-order valence-electron chi connectivity index (χ1n) is 6.13. The van der Waals surface area contributed by atoms with Crippen molar-refractivity contribution in [1.82, 2.24) is 0 Å². The molecule has 1 N–H and O–H groups in total. The van der Waals surface area contributed by atoms with Gasteiger partial charge < -0.3 is 5.32 Å². The summed E-state index contributed by atoms with van der Waals surface area (Å²) in [6, 6.07) is 4.20. The summed E-state index contributed by atoms with van der Waals surface area (Å²) in [4.78, 5) is 0. The zero-order valence-electron chi connectivity index (χ0n) is 10.4. The molecule has 1 aromatic carbocycles. The second kappa shape index (κ2) is 5.83. The highest BCUT2D eigenvalue weighted by Crippen LogP contribution is 2.37. The number of benzene rings is 1. The molecule has 0 aliphatic carbocycles. The van der Waals surface area contributed by atoms with Crippen LogP contribution in [-0.4, -0.2) is 17.0 Å². The van der Waals surface area contributed by atoms with Gasteiger partial charge in [-0.2, -0.15) is 24.9 Å². The van der Waals surface area contributed by atoms with Crippen LogP contribution in [0.15, 0.2) is 18.2 Å². The molecule has 0 bridgehead atoms. The molecule has 19 heavy (non-hydrogen) atoms. The first kappa shape index (κ1) is 14.9. The Morgan fingerprint density at radius 1 is 1.37 bits per heavy atom. The molecule has 1 heterocycles. The smallest absolute Gasteiger partial charge is 0.381 e. The second-order valence-corrected chi connectivity index (χ2v) is 6.55. The maximum absolute atomic E-state index is 12.8. The van der Waals surface area contributed by atoms with Crippen LogP contribution in [0.25, 0.3) is 0 Å². The second-order valence-electron chi connectivity index (χ2n) is 4.66. The molecular formula is C13H15ClF3NS. The summed E-state index contributed by atoms with van der Waals surface area (Å²) in [5.74, 6) is 1.12. The van der Waals surface area contributed by atoms with Gasteiger partial charge in [-0.3, -0.25) is 0 Å². The molecular weight excluding hydrogens is 295 g/mol. The van der Waals surface area contributed by atoms with Crippen LogP contribution in [-0.2, 0) is 6.18 Å². The number of halogens is 4. The summed E-state index contributed by atoms with van der Waals surface area (Å²) in [7, 11) is 0. The van der Waals surface area contributed by atoms with E-state index in [4.69, 9.17) is 11.6 Å². The summed E-state index contributed by atoms with van der Waals surface area (Å²) < 4.78 is 38.3. The van der Waals surface area contributed by atoms with E-state index in [0.717, 1.165) is 24.7 Å². The minimum Gasteiger partial charge on any atom is -0.381 e. The molecule has 106 valence electrons. The van der Waals surface area contributed by atoms with Crippen molar-refractivity contribution in [3.8, 4) is 0 Å². The van der Waals surface area contributed by atoms with E-state index in [2.05, 4.69) is 12.2 Å². The Balaban J connectivity index is 2.17. The molecule has 1 aliphatic rings. The highest BCUT2D eigenvalue weighted by atomic mass is 35.5. The molecule has 1 nitrogen and oxygen atoms in total. The lowest BCUT2D eigenvalue weighted by Crippen LogP contribution is -2.32. The van der Waals surface area contributed by atoms with Gasteiger partial charge in [0.15, 0.2) is 0 Å². The van der Waals surface area contributed by atoms with Crippen LogP contribution in [0.2, 0.25) is 5.02 Å². The lowest BCUT2D eigenvalue weighted by atomic mass is 10.1. The van der Waals surface area contributed by atoms with Crippen LogP contribution in [0, 0.1) is 0 Å². The summed E-state index contributed by atoms with van der Waals surface area (Å²) >= 11 is 7.45. The van der Waals surface area contributed by atoms with Gasteiger partial charge in [0.25, 0.3) is 0 Å². The quantitative estimate of drug-likeness (QED) is 0.820. The molecule has 1 saturated heterocycles. The fourth-order valence-electron chi connectivity index (χ4n) is 2.16. The monoisotopic (exact) mass is 309 g/mol. The first-order chi connectivity index (χ1) is 8.88. The van der Waals surface area contributed by atoms with Gasteiger partial charge in [0.1, 0.15) is 0 Å². The largest absolute Gasteiger partial charge is 0.417 e. The van der Waals surface area contributed by atoms with Gasteiger partial charge in [-0.05, 0) is 36.8 Å². The Morgan fingerprint density at radius 2 is 2.11 bits per heavy atom. The maximum Gasteiger partial charge on any atom is 0.417 e. The molecule has 2 atom stereocenters. The van der Waals surface area contributed by atoms with Crippen LogP contribution in [0.1, 0.15) is 25.3 Å².